The topological polar surface area (TPSA) is 58.1 Å². The van der Waals surface area contributed by atoms with Crippen molar-refractivity contribution in [3.05, 3.63) is 29.8 Å². The normalized spacial score (nSPS) is 17.4. The van der Waals surface area contributed by atoms with Crippen LogP contribution in [-0.4, -0.2) is 63.9 Å². The predicted molar refractivity (Wildman–Crippen MR) is 122 cm³/mol. The van der Waals surface area contributed by atoms with Gasteiger partial charge in [0.1, 0.15) is 5.75 Å². The van der Waals surface area contributed by atoms with Gasteiger partial charge in [0, 0.05) is 46.3 Å². The van der Waals surface area contributed by atoms with Crippen molar-refractivity contribution in [2.75, 3.05) is 47.0 Å². The molecular formula is C20H35IN4O2. The number of nitrogens with zero attached hydrogens (tertiary/aromatic N) is 2. The van der Waals surface area contributed by atoms with E-state index in [0.717, 1.165) is 44.4 Å². The number of guanidine groups is 1. The zero-order valence-corrected chi connectivity index (χ0v) is 19.2. The van der Waals surface area contributed by atoms with Crippen LogP contribution in [0.1, 0.15) is 31.7 Å². The molecule has 1 fully saturated rings. The van der Waals surface area contributed by atoms with E-state index >= 15 is 0 Å². The number of nitrogens with one attached hydrogen (secondary N) is 2. The van der Waals surface area contributed by atoms with Crippen LogP contribution in [0, 0.1) is 0 Å². The first kappa shape index (κ1) is 24.0. The van der Waals surface area contributed by atoms with Crippen molar-refractivity contribution in [2.45, 2.75) is 38.8 Å². The molecule has 27 heavy (non-hydrogen) atoms. The Labute approximate surface area is 181 Å². The molecule has 0 saturated carbocycles. The molecule has 1 heterocycles. The predicted octanol–water partition coefficient (Wildman–Crippen LogP) is 2.87. The largest absolute Gasteiger partial charge is 0.493 e. The van der Waals surface area contributed by atoms with Gasteiger partial charge in [-0.2, -0.15) is 0 Å². The van der Waals surface area contributed by atoms with Gasteiger partial charge in [0.15, 0.2) is 5.96 Å². The second-order valence-electron chi connectivity index (χ2n) is 6.57. The van der Waals surface area contributed by atoms with E-state index in [-0.39, 0.29) is 24.0 Å². The minimum Gasteiger partial charge on any atom is -0.493 e. The first-order valence-corrected chi connectivity index (χ1v) is 9.66. The van der Waals surface area contributed by atoms with Gasteiger partial charge in [-0.05, 0) is 43.6 Å². The number of hydrogen-bond acceptors (Lipinski definition) is 4. The average Bonchev–Trinajstić information content (AvgIpc) is 3.13. The highest BCUT2D eigenvalue weighted by Crippen LogP contribution is 2.16. The van der Waals surface area contributed by atoms with Crippen LogP contribution >= 0.6 is 24.0 Å². The monoisotopic (exact) mass is 490 g/mol. The number of benzene rings is 1. The van der Waals surface area contributed by atoms with Crippen molar-refractivity contribution in [1.29, 1.82) is 0 Å². The lowest BCUT2D eigenvalue weighted by Gasteiger charge is -2.24. The molecule has 1 aromatic carbocycles. The number of halogens is 1. The Morgan fingerprint density at radius 3 is 2.89 bits per heavy atom. The molecule has 154 valence electrons. The highest BCUT2D eigenvalue weighted by atomic mass is 127. The van der Waals surface area contributed by atoms with Gasteiger partial charge in [-0.1, -0.05) is 19.1 Å². The van der Waals surface area contributed by atoms with E-state index in [4.69, 9.17) is 9.47 Å². The summed E-state index contributed by atoms with van der Waals surface area (Å²) in [6, 6.07) is 8.79. The lowest BCUT2D eigenvalue weighted by atomic mass is 10.2. The van der Waals surface area contributed by atoms with Crippen molar-refractivity contribution < 1.29 is 9.47 Å². The van der Waals surface area contributed by atoms with Crippen LogP contribution in [0.5, 0.6) is 5.75 Å². The van der Waals surface area contributed by atoms with Gasteiger partial charge in [-0.15, -0.1) is 24.0 Å². The van der Waals surface area contributed by atoms with Crippen molar-refractivity contribution in [3.63, 3.8) is 0 Å². The molecule has 1 atom stereocenters. The third-order valence-corrected chi connectivity index (χ3v) is 4.75. The molecule has 1 aromatic rings. The molecular weight excluding hydrogens is 455 g/mol. The summed E-state index contributed by atoms with van der Waals surface area (Å²) in [4.78, 5) is 6.87. The molecule has 1 unspecified atom stereocenters. The molecule has 0 aliphatic carbocycles. The Morgan fingerprint density at radius 2 is 2.15 bits per heavy atom. The molecule has 0 bridgehead atoms. The summed E-state index contributed by atoms with van der Waals surface area (Å²) in [5.74, 6) is 1.74. The molecule has 2 N–H and O–H groups in total. The van der Waals surface area contributed by atoms with Gasteiger partial charge in [0.05, 0.1) is 6.61 Å². The van der Waals surface area contributed by atoms with Crippen molar-refractivity contribution in [2.24, 2.45) is 4.99 Å². The fourth-order valence-corrected chi connectivity index (χ4v) is 3.30. The summed E-state index contributed by atoms with van der Waals surface area (Å²) in [5.41, 5.74) is 1.17. The SMILES string of the molecule is CCN1CCCC1CNC(=NC)NCc1cccc(OCCCOC)c1.I. The summed E-state index contributed by atoms with van der Waals surface area (Å²) >= 11 is 0. The fraction of sp³-hybridized carbons (Fsp3) is 0.650. The van der Waals surface area contributed by atoms with Crippen molar-refractivity contribution in [1.82, 2.24) is 15.5 Å². The van der Waals surface area contributed by atoms with E-state index in [0.29, 0.717) is 12.6 Å². The molecule has 1 aliphatic rings. The summed E-state index contributed by atoms with van der Waals surface area (Å²) in [6.45, 7) is 7.62. The fourth-order valence-electron chi connectivity index (χ4n) is 3.30. The Hall–Kier alpha value is -1.06. The molecule has 7 heteroatoms. The van der Waals surface area contributed by atoms with Crippen molar-refractivity contribution in [3.8, 4) is 5.75 Å². The Bertz CT molecular complexity index is 557. The number of aliphatic imine (C=N–C) groups is 1. The molecule has 1 aliphatic heterocycles. The maximum Gasteiger partial charge on any atom is 0.191 e. The average molecular weight is 490 g/mol. The smallest absolute Gasteiger partial charge is 0.191 e. The molecule has 0 aromatic heterocycles. The minimum absolute atomic E-state index is 0. The maximum atomic E-state index is 5.76. The van der Waals surface area contributed by atoms with Crippen LogP contribution in [-0.2, 0) is 11.3 Å². The third kappa shape index (κ3) is 8.66. The van der Waals surface area contributed by atoms with Crippen LogP contribution in [0.4, 0.5) is 0 Å². The summed E-state index contributed by atoms with van der Waals surface area (Å²) in [5, 5.41) is 6.85. The van der Waals surface area contributed by atoms with E-state index in [2.05, 4.69) is 39.6 Å². The molecule has 0 spiro atoms. The second kappa shape index (κ2) is 14.0. The lowest BCUT2D eigenvalue weighted by Crippen LogP contribution is -2.44. The van der Waals surface area contributed by atoms with E-state index in [9.17, 15) is 0 Å². The summed E-state index contributed by atoms with van der Waals surface area (Å²) in [7, 11) is 3.52. The van der Waals surface area contributed by atoms with Gasteiger partial charge < -0.3 is 20.1 Å². The zero-order chi connectivity index (χ0) is 18.6. The lowest BCUT2D eigenvalue weighted by molar-refractivity contribution is 0.172. The number of rotatable bonds is 10. The second-order valence-corrected chi connectivity index (χ2v) is 6.57. The Kier molecular flexibility index (Phi) is 12.4. The van der Waals surface area contributed by atoms with Gasteiger partial charge in [-0.3, -0.25) is 9.89 Å². The highest BCUT2D eigenvalue weighted by Gasteiger charge is 2.22. The van der Waals surface area contributed by atoms with Crippen LogP contribution in [0.15, 0.2) is 29.3 Å². The van der Waals surface area contributed by atoms with Gasteiger partial charge in [0.25, 0.3) is 0 Å². The summed E-state index contributed by atoms with van der Waals surface area (Å²) in [6.07, 6.45) is 3.45. The third-order valence-electron chi connectivity index (χ3n) is 4.75. The first-order chi connectivity index (χ1) is 12.8. The van der Waals surface area contributed by atoms with E-state index in [1.54, 1.807) is 7.11 Å². The number of likely N-dealkylation sites (N-methyl/N-ethyl adjacent to an activating group) is 1. The number of ether oxygens (including phenoxy) is 2. The number of hydrogen-bond donors (Lipinski definition) is 2. The summed E-state index contributed by atoms with van der Waals surface area (Å²) < 4.78 is 10.8. The van der Waals surface area contributed by atoms with E-state index in [1.807, 2.05) is 19.2 Å². The van der Waals surface area contributed by atoms with Gasteiger partial charge >= 0.3 is 0 Å². The zero-order valence-electron chi connectivity index (χ0n) is 16.9. The first-order valence-electron chi connectivity index (χ1n) is 9.66. The molecule has 1 saturated heterocycles. The van der Waals surface area contributed by atoms with Crippen LogP contribution in [0.2, 0.25) is 0 Å². The Morgan fingerprint density at radius 1 is 1.30 bits per heavy atom. The standard InChI is InChI=1S/C20H34N4O2.HI/c1-4-24-11-6-9-18(24)16-23-20(21-2)22-15-17-8-5-10-19(14-17)26-13-7-12-25-3;/h5,8,10,14,18H,4,6-7,9,11-13,15-16H2,1-3H3,(H2,21,22,23);1H. The molecule has 0 radical (unpaired) electrons. The van der Waals surface area contributed by atoms with E-state index < -0.39 is 0 Å². The van der Waals surface area contributed by atoms with Crippen molar-refractivity contribution >= 4 is 29.9 Å². The number of likely N-dealkylation sites (tertiary alicyclic amines) is 1. The maximum absolute atomic E-state index is 5.76. The van der Waals surface area contributed by atoms with E-state index in [1.165, 1.54) is 24.9 Å². The van der Waals surface area contributed by atoms with Crippen LogP contribution in [0.25, 0.3) is 0 Å². The molecule has 0 amide bonds. The van der Waals surface area contributed by atoms with Gasteiger partial charge in [-0.25, -0.2) is 0 Å². The minimum atomic E-state index is 0. The quantitative estimate of drug-likeness (QED) is 0.229. The Balaban J connectivity index is 0.00000364. The number of methoxy groups -OCH3 is 1. The van der Waals surface area contributed by atoms with Crippen LogP contribution < -0.4 is 15.4 Å². The highest BCUT2D eigenvalue weighted by molar-refractivity contribution is 14.0. The molecule has 2 rings (SSSR count). The van der Waals surface area contributed by atoms with Gasteiger partial charge in [0.2, 0.25) is 0 Å². The van der Waals surface area contributed by atoms with Crippen LogP contribution in [0.3, 0.4) is 0 Å². The molecule has 6 nitrogen and oxygen atoms in total.